The van der Waals surface area contributed by atoms with Gasteiger partial charge in [-0.15, -0.1) is 11.3 Å². The number of thiophene rings is 1. The Morgan fingerprint density at radius 2 is 2.05 bits per heavy atom. The van der Waals surface area contributed by atoms with Crippen LogP contribution >= 0.6 is 11.3 Å². The summed E-state index contributed by atoms with van der Waals surface area (Å²) in [7, 11) is -1.59. The van der Waals surface area contributed by atoms with E-state index in [2.05, 4.69) is 11.8 Å². The van der Waals surface area contributed by atoms with E-state index < -0.39 is 10.0 Å². The third-order valence-corrected chi connectivity index (χ3v) is 5.67. The molecule has 0 saturated carbocycles. The van der Waals surface area contributed by atoms with Crippen molar-refractivity contribution in [3.63, 3.8) is 0 Å². The van der Waals surface area contributed by atoms with Crippen molar-refractivity contribution in [1.29, 1.82) is 0 Å². The van der Waals surface area contributed by atoms with Gasteiger partial charge in [-0.25, -0.2) is 8.42 Å². The summed E-state index contributed by atoms with van der Waals surface area (Å²) >= 11 is 1.52. The molecule has 0 aliphatic rings. The molecular weight excluding hydrogens is 304 g/mol. The highest BCUT2D eigenvalue weighted by Crippen LogP contribution is 2.22. The van der Waals surface area contributed by atoms with Gasteiger partial charge in [0.1, 0.15) is 0 Å². The van der Waals surface area contributed by atoms with Crippen LogP contribution in [-0.4, -0.2) is 32.1 Å². The van der Waals surface area contributed by atoms with E-state index in [-0.39, 0.29) is 11.2 Å². The standard InChI is InChI=1S/C15H24N2O2S2/c1-15(2,3)7-9-21(18,19)17(4)11-14-10-13(12-20-14)6-5-8-16/h10,12H,7-9,11,16H2,1-4H3. The van der Waals surface area contributed by atoms with Crippen molar-refractivity contribution in [3.05, 3.63) is 21.9 Å². The van der Waals surface area contributed by atoms with Gasteiger partial charge in [0.25, 0.3) is 0 Å². The van der Waals surface area contributed by atoms with E-state index in [1.54, 1.807) is 7.05 Å². The Labute approximate surface area is 132 Å². The molecule has 0 aliphatic carbocycles. The number of hydrogen-bond acceptors (Lipinski definition) is 4. The van der Waals surface area contributed by atoms with Gasteiger partial charge in [0.2, 0.25) is 10.0 Å². The summed E-state index contributed by atoms with van der Waals surface area (Å²) in [5, 5.41) is 1.92. The van der Waals surface area contributed by atoms with E-state index in [1.165, 1.54) is 15.6 Å². The van der Waals surface area contributed by atoms with Crippen LogP contribution in [0.4, 0.5) is 0 Å². The Hall–Kier alpha value is -0.870. The molecule has 0 unspecified atom stereocenters. The van der Waals surface area contributed by atoms with Crippen LogP contribution < -0.4 is 5.73 Å². The van der Waals surface area contributed by atoms with Crippen molar-refractivity contribution < 1.29 is 8.42 Å². The Kier molecular flexibility index (Phi) is 6.41. The highest BCUT2D eigenvalue weighted by molar-refractivity contribution is 7.89. The molecule has 1 aromatic rings. The predicted octanol–water partition coefficient (Wildman–Crippen LogP) is 2.26. The van der Waals surface area contributed by atoms with E-state index in [4.69, 9.17) is 5.73 Å². The summed E-state index contributed by atoms with van der Waals surface area (Å²) in [6.45, 7) is 6.85. The van der Waals surface area contributed by atoms with Crippen LogP contribution in [0, 0.1) is 17.3 Å². The third kappa shape index (κ3) is 6.62. The maximum atomic E-state index is 12.2. The Morgan fingerprint density at radius 3 is 2.62 bits per heavy atom. The second-order valence-corrected chi connectivity index (χ2v) is 9.38. The van der Waals surface area contributed by atoms with Gasteiger partial charge >= 0.3 is 0 Å². The molecule has 0 atom stereocenters. The van der Waals surface area contributed by atoms with Gasteiger partial charge in [0, 0.05) is 29.4 Å². The molecule has 118 valence electrons. The minimum atomic E-state index is -3.22. The van der Waals surface area contributed by atoms with E-state index in [9.17, 15) is 8.42 Å². The SMILES string of the molecule is CN(Cc1cc(C#CCN)cs1)S(=O)(=O)CCC(C)(C)C. The summed E-state index contributed by atoms with van der Waals surface area (Å²) in [5.74, 6) is 5.92. The average Bonchev–Trinajstić information content (AvgIpc) is 2.81. The minimum Gasteiger partial charge on any atom is -0.320 e. The maximum Gasteiger partial charge on any atom is 0.214 e. The number of hydrogen-bond donors (Lipinski definition) is 1. The largest absolute Gasteiger partial charge is 0.320 e. The van der Waals surface area contributed by atoms with Crippen LogP contribution in [-0.2, 0) is 16.6 Å². The van der Waals surface area contributed by atoms with Gasteiger partial charge < -0.3 is 5.73 Å². The third-order valence-electron chi connectivity index (χ3n) is 2.95. The molecule has 1 aromatic heterocycles. The number of nitrogens with two attached hydrogens (primary N) is 1. The highest BCUT2D eigenvalue weighted by Gasteiger charge is 2.22. The van der Waals surface area contributed by atoms with Crippen LogP contribution in [0.15, 0.2) is 11.4 Å². The van der Waals surface area contributed by atoms with Crippen molar-refractivity contribution >= 4 is 21.4 Å². The van der Waals surface area contributed by atoms with Gasteiger partial charge in [-0.05, 0) is 17.9 Å². The summed E-state index contributed by atoms with van der Waals surface area (Å²) in [6.07, 6.45) is 0.650. The lowest BCUT2D eigenvalue weighted by Crippen LogP contribution is -2.30. The van der Waals surface area contributed by atoms with E-state index in [0.717, 1.165) is 10.4 Å². The molecule has 6 heteroatoms. The molecule has 0 amide bonds. The molecule has 2 N–H and O–H groups in total. The zero-order valence-electron chi connectivity index (χ0n) is 13.1. The molecule has 0 aromatic carbocycles. The van der Waals surface area contributed by atoms with Crippen LogP contribution in [0.25, 0.3) is 0 Å². The first-order chi connectivity index (χ1) is 9.64. The Morgan fingerprint density at radius 1 is 1.38 bits per heavy atom. The van der Waals surface area contributed by atoms with E-state index in [0.29, 0.717) is 19.5 Å². The lowest BCUT2D eigenvalue weighted by molar-refractivity contribution is 0.388. The summed E-state index contributed by atoms with van der Waals surface area (Å²) in [5.41, 5.74) is 6.24. The molecular formula is C15H24N2O2S2. The Balaban J connectivity index is 2.67. The highest BCUT2D eigenvalue weighted by atomic mass is 32.2. The zero-order valence-corrected chi connectivity index (χ0v) is 14.8. The summed E-state index contributed by atoms with van der Waals surface area (Å²) < 4.78 is 25.9. The fraction of sp³-hybridized carbons (Fsp3) is 0.600. The number of nitrogens with zero attached hydrogens (tertiary/aromatic N) is 1. The molecule has 0 spiro atoms. The van der Waals surface area contributed by atoms with Gasteiger partial charge in [0.15, 0.2) is 0 Å². The fourth-order valence-electron chi connectivity index (χ4n) is 1.59. The van der Waals surface area contributed by atoms with Gasteiger partial charge in [-0.2, -0.15) is 4.31 Å². The number of rotatable bonds is 5. The van der Waals surface area contributed by atoms with Crippen molar-refractivity contribution in [2.75, 3.05) is 19.3 Å². The van der Waals surface area contributed by atoms with Crippen molar-refractivity contribution in [2.45, 2.75) is 33.7 Å². The van der Waals surface area contributed by atoms with Gasteiger partial charge in [-0.1, -0.05) is 32.6 Å². The first-order valence-electron chi connectivity index (χ1n) is 6.84. The second kappa shape index (κ2) is 7.41. The molecule has 1 rings (SSSR count). The molecule has 1 heterocycles. The van der Waals surface area contributed by atoms with Crippen molar-refractivity contribution in [1.82, 2.24) is 4.31 Å². The normalized spacial score (nSPS) is 12.3. The van der Waals surface area contributed by atoms with Gasteiger partial charge in [-0.3, -0.25) is 0 Å². The van der Waals surface area contributed by atoms with Gasteiger partial charge in [0.05, 0.1) is 12.3 Å². The lowest BCUT2D eigenvalue weighted by atomic mass is 9.94. The molecule has 0 radical (unpaired) electrons. The van der Waals surface area contributed by atoms with E-state index in [1.807, 2.05) is 32.2 Å². The zero-order chi connectivity index (χ0) is 16.1. The van der Waals surface area contributed by atoms with Crippen LogP contribution in [0.1, 0.15) is 37.6 Å². The molecule has 0 fully saturated rings. The molecule has 21 heavy (non-hydrogen) atoms. The maximum absolute atomic E-state index is 12.2. The smallest absolute Gasteiger partial charge is 0.214 e. The summed E-state index contributed by atoms with van der Waals surface area (Å²) in [4.78, 5) is 0.984. The van der Waals surface area contributed by atoms with E-state index >= 15 is 0 Å². The molecule has 0 bridgehead atoms. The average molecular weight is 329 g/mol. The topological polar surface area (TPSA) is 63.4 Å². The van der Waals surface area contributed by atoms with Crippen LogP contribution in [0.3, 0.4) is 0 Å². The quantitative estimate of drug-likeness (QED) is 0.843. The lowest BCUT2D eigenvalue weighted by Gasteiger charge is -2.21. The second-order valence-electron chi connectivity index (χ2n) is 6.19. The van der Waals surface area contributed by atoms with Crippen LogP contribution in [0.5, 0.6) is 0 Å². The minimum absolute atomic E-state index is 0.0157. The first-order valence-corrected chi connectivity index (χ1v) is 9.33. The monoisotopic (exact) mass is 328 g/mol. The van der Waals surface area contributed by atoms with Crippen LogP contribution in [0.2, 0.25) is 0 Å². The number of sulfonamides is 1. The Bertz CT molecular complexity index is 616. The molecule has 0 aliphatic heterocycles. The molecule has 4 nitrogen and oxygen atoms in total. The van der Waals surface area contributed by atoms with Crippen molar-refractivity contribution in [3.8, 4) is 11.8 Å². The van der Waals surface area contributed by atoms with Crippen molar-refractivity contribution in [2.24, 2.45) is 11.1 Å². The molecule has 0 saturated heterocycles. The predicted molar refractivity (Wildman–Crippen MR) is 89.6 cm³/mol. The fourth-order valence-corrected chi connectivity index (χ4v) is 4.06. The first kappa shape index (κ1) is 18.2. The summed E-state index contributed by atoms with van der Waals surface area (Å²) in [6, 6.07) is 1.92.